The molecule has 4 aliphatic carbocycles. The predicted octanol–water partition coefficient (Wildman–Crippen LogP) is 3.66. The van der Waals surface area contributed by atoms with Crippen LogP contribution in [0.1, 0.15) is 78.6 Å². The first-order chi connectivity index (χ1) is 13.6. The van der Waals surface area contributed by atoms with Gasteiger partial charge in [-0.15, -0.1) is 0 Å². The molecule has 4 saturated carbocycles. The maximum Gasteiger partial charge on any atom is 0.303 e. The molecule has 4 rings (SSSR count). The minimum Gasteiger partial charge on any atom is -0.481 e. The van der Waals surface area contributed by atoms with Crippen LogP contribution in [0.15, 0.2) is 0 Å². The molecule has 4 aliphatic rings. The maximum atomic E-state index is 13.4. The van der Waals surface area contributed by atoms with Gasteiger partial charge in [0.25, 0.3) is 0 Å². The van der Waals surface area contributed by atoms with Gasteiger partial charge in [-0.05, 0) is 80.0 Å². The number of hydrogen-bond donors (Lipinski definition) is 3. The van der Waals surface area contributed by atoms with Crippen LogP contribution in [-0.4, -0.2) is 39.3 Å². The van der Waals surface area contributed by atoms with Crippen molar-refractivity contribution in [3.05, 3.63) is 0 Å². The van der Waals surface area contributed by atoms with E-state index >= 15 is 0 Å². The summed E-state index contributed by atoms with van der Waals surface area (Å²) in [6, 6.07) is 0. The number of ketones is 1. The number of aliphatic hydroxyl groups is 2. The molecule has 10 atom stereocenters. The first-order valence-corrected chi connectivity index (χ1v) is 11.7. The van der Waals surface area contributed by atoms with E-state index in [2.05, 4.69) is 20.8 Å². The lowest BCUT2D eigenvalue weighted by Gasteiger charge is -2.61. The van der Waals surface area contributed by atoms with E-state index in [1.165, 1.54) is 0 Å². The summed E-state index contributed by atoms with van der Waals surface area (Å²) in [5, 5.41) is 30.7. The zero-order chi connectivity index (χ0) is 21.1. The van der Waals surface area contributed by atoms with Crippen molar-refractivity contribution in [2.45, 2.75) is 90.8 Å². The van der Waals surface area contributed by atoms with Crippen molar-refractivity contribution >= 4 is 11.8 Å². The molecule has 29 heavy (non-hydrogen) atoms. The van der Waals surface area contributed by atoms with Gasteiger partial charge >= 0.3 is 5.97 Å². The van der Waals surface area contributed by atoms with Gasteiger partial charge in [0.1, 0.15) is 5.78 Å². The largest absolute Gasteiger partial charge is 0.481 e. The highest BCUT2D eigenvalue weighted by Crippen LogP contribution is 2.67. The van der Waals surface area contributed by atoms with Crippen molar-refractivity contribution < 1.29 is 24.9 Å². The van der Waals surface area contributed by atoms with Gasteiger partial charge in [-0.25, -0.2) is 0 Å². The summed E-state index contributed by atoms with van der Waals surface area (Å²) < 4.78 is 0. The highest BCUT2D eigenvalue weighted by atomic mass is 16.4. The zero-order valence-electron chi connectivity index (χ0n) is 18.1. The van der Waals surface area contributed by atoms with E-state index in [4.69, 9.17) is 5.11 Å². The molecule has 0 radical (unpaired) electrons. The molecule has 0 aromatic rings. The van der Waals surface area contributed by atoms with Crippen molar-refractivity contribution in [3.63, 3.8) is 0 Å². The first kappa shape index (κ1) is 21.3. The van der Waals surface area contributed by atoms with E-state index in [9.17, 15) is 19.8 Å². The van der Waals surface area contributed by atoms with Crippen LogP contribution in [0.5, 0.6) is 0 Å². The number of rotatable bonds is 4. The van der Waals surface area contributed by atoms with Crippen LogP contribution in [-0.2, 0) is 9.59 Å². The summed E-state index contributed by atoms with van der Waals surface area (Å²) >= 11 is 0. The number of carbonyl (C=O) groups excluding carboxylic acids is 1. The number of carboxylic acid groups (broad SMARTS) is 1. The van der Waals surface area contributed by atoms with Gasteiger partial charge in [-0.3, -0.25) is 9.59 Å². The second-order valence-corrected chi connectivity index (χ2v) is 11.3. The second kappa shape index (κ2) is 7.33. The number of fused-ring (bicyclic) bond motifs is 5. The normalized spacial score (nSPS) is 50.4. The fourth-order valence-corrected chi connectivity index (χ4v) is 8.40. The lowest BCUT2D eigenvalue weighted by Crippen LogP contribution is -2.61. The number of carbonyl (C=O) groups is 2. The molecule has 0 aliphatic heterocycles. The molecule has 0 amide bonds. The summed E-state index contributed by atoms with van der Waals surface area (Å²) in [7, 11) is 0. The number of carboxylic acids is 1. The molecule has 0 aromatic carbocycles. The van der Waals surface area contributed by atoms with Crippen LogP contribution < -0.4 is 0 Å². The van der Waals surface area contributed by atoms with Crippen molar-refractivity contribution in [1.29, 1.82) is 0 Å². The molecule has 0 bridgehead atoms. The van der Waals surface area contributed by atoms with Crippen molar-refractivity contribution in [3.8, 4) is 0 Å². The standard InChI is InChI=1S/C24H38O5/c1-13(4-7-21(28)29)16-5-6-17-22-18(12-20(27)24(16,17)3)23(2)9-8-15(25)10-14(23)11-19(22)26/h13-18,20,22,25,27H,4-12H2,1-3H3,(H,28,29)/t13-,14+,15-,16-,17-,18+,20+,22-,23+,24-/m1/s1. The molecule has 0 aromatic heterocycles. The van der Waals surface area contributed by atoms with Crippen LogP contribution in [0.3, 0.4) is 0 Å². The highest BCUT2D eigenvalue weighted by Gasteiger charge is 2.65. The lowest BCUT2D eigenvalue weighted by atomic mass is 9.43. The van der Waals surface area contributed by atoms with Gasteiger partial charge in [0.15, 0.2) is 0 Å². The topological polar surface area (TPSA) is 94.8 Å². The predicted molar refractivity (Wildman–Crippen MR) is 109 cm³/mol. The Hall–Kier alpha value is -0.940. The van der Waals surface area contributed by atoms with Gasteiger partial charge < -0.3 is 15.3 Å². The molecule has 164 valence electrons. The van der Waals surface area contributed by atoms with Crippen LogP contribution in [0.25, 0.3) is 0 Å². The Morgan fingerprint density at radius 2 is 1.86 bits per heavy atom. The quantitative estimate of drug-likeness (QED) is 0.662. The molecular weight excluding hydrogens is 368 g/mol. The average Bonchev–Trinajstić information content (AvgIpc) is 3.01. The third-order valence-corrected chi connectivity index (χ3v) is 10.1. The van der Waals surface area contributed by atoms with E-state index in [0.717, 1.165) is 32.1 Å². The molecule has 0 saturated heterocycles. The minimum atomic E-state index is -0.762. The van der Waals surface area contributed by atoms with Gasteiger partial charge in [-0.2, -0.15) is 0 Å². The lowest BCUT2D eigenvalue weighted by molar-refractivity contribution is -0.182. The van der Waals surface area contributed by atoms with Crippen LogP contribution in [0, 0.1) is 46.3 Å². The van der Waals surface area contributed by atoms with Gasteiger partial charge in [0.05, 0.1) is 12.2 Å². The van der Waals surface area contributed by atoms with E-state index in [-0.39, 0.29) is 58.9 Å². The highest BCUT2D eigenvalue weighted by molar-refractivity contribution is 5.83. The Morgan fingerprint density at radius 3 is 2.55 bits per heavy atom. The molecule has 0 spiro atoms. The van der Waals surface area contributed by atoms with E-state index in [1.54, 1.807) is 0 Å². The summed E-state index contributed by atoms with van der Waals surface area (Å²) in [5.41, 5.74) is -0.265. The van der Waals surface area contributed by atoms with Gasteiger partial charge in [0.2, 0.25) is 0 Å². The molecule has 4 fully saturated rings. The average molecular weight is 407 g/mol. The molecular formula is C24H38O5. The molecule has 0 unspecified atom stereocenters. The minimum absolute atomic E-state index is 0.0246. The fourth-order valence-electron chi connectivity index (χ4n) is 8.40. The third kappa shape index (κ3) is 3.18. The zero-order valence-corrected chi connectivity index (χ0v) is 18.1. The van der Waals surface area contributed by atoms with Crippen LogP contribution >= 0.6 is 0 Å². The van der Waals surface area contributed by atoms with Crippen molar-refractivity contribution in [1.82, 2.24) is 0 Å². The smallest absolute Gasteiger partial charge is 0.303 e. The van der Waals surface area contributed by atoms with E-state index < -0.39 is 12.1 Å². The Morgan fingerprint density at radius 1 is 1.14 bits per heavy atom. The maximum absolute atomic E-state index is 13.4. The van der Waals surface area contributed by atoms with Crippen molar-refractivity contribution in [2.75, 3.05) is 0 Å². The Bertz CT molecular complexity index is 676. The number of Topliss-reactive ketones (excluding diaryl/α,β-unsaturated/α-hetero) is 1. The van der Waals surface area contributed by atoms with Crippen LogP contribution in [0.2, 0.25) is 0 Å². The van der Waals surface area contributed by atoms with E-state index in [0.29, 0.717) is 25.0 Å². The number of aliphatic hydroxyl groups excluding tert-OH is 2. The van der Waals surface area contributed by atoms with Gasteiger partial charge in [-0.1, -0.05) is 20.8 Å². The molecule has 5 heteroatoms. The van der Waals surface area contributed by atoms with Crippen molar-refractivity contribution in [2.24, 2.45) is 46.3 Å². The van der Waals surface area contributed by atoms with Gasteiger partial charge in [0, 0.05) is 24.2 Å². The first-order valence-electron chi connectivity index (χ1n) is 11.7. The summed E-state index contributed by atoms with van der Waals surface area (Å²) in [5.74, 6) is 0.775. The Kier molecular flexibility index (Phi) is 5.39. The summed E-state index contributed by atoms with van der Waals surface area (Å²) in [4.78, 5) is 24.4. The number of aliphatic carboxylic acids is 1. The van der Waals surface area contributed by atoms with E-state index in [1.807, 2.05) is 0 Å². The number of hydrogen-bond acceptors (Lipinski definition) is 4. The summed E-state index contributed by atoms with van der Waals surface area (Å²) in [6.07, 6.45) is 5.74. The molecule has 5 nitrogen and oxygen atoms in total. The molecule has 0 heterocycles. The summed E-state index contributed by atoms with van der Waals surface area (Å²) in [6.45, 7) is 6.62. The SMILES string of the molecule is C[C@H](CCC(=O)O)[C@H]1CC[C@@H]2[C@H]3C(=O)C[C@@H]4C[C@H](O)CC[C@]4(C)[C@H]3C[C@H](O)[C@@]21C. The molecule has 3 N–H and O–H groups in total. The Balaban J connectivity index is 1.62. The van der Waals surface area contributed by atoms with Crippen LogP contribution in [0.4, 0.5) is 0 Å². The third-order valence-electron chi connectivity index (χ3n) is 10.1. The fraction of sp³-hybridized carbons (Fsp3) is 0.917. The second-order valence-electron chi connectivity index (χ2n) is 11.3. The monoisotopic (exact) mass is 406 g/mol. The Labute approximate surface area is 174 Å².